The van der Waals surface area contributed by atoms with Gasteiger partial charge in [-0.15, -0.1) is 0 Å². The van der Waals surface area contributed by atoms with Crippen molar-refractivity contribution in [2.45, 2.75) is 69.0 Å². The van der Waals surface area contributed by atoms with Crippen molar-refractivity contribution >= 4 is 34.1 Å². The zero-order valence-corrected chi connectivity index (χ0v) is 24.2. The number of halogens is 6. The Kier molecular flexibility index (Phi) is 6.86. The zero-order chi connectivity index (χ0) is 30.3. The van der Waals surface area contributed by atoms with Crippen LogP contribution in [0.3, 0.4) is 0 Å². The minimum Gasteiger partial charge on any atom is -0.461 e. The molecule has 0 spiro atoms. The Morgan fingerprint density at radius 2 is 1.88 bits per heavy atom. The maximum Gasteiger partial charge on any atom is 0.418 e. The highest BCUT2D eigenvalue weighted by atomic mass is 35.5. The summed E-state index contributed by atoms with van der Waals surface area (Å²) in [6.45, 7) is 3.64. The van der Waals surface area contributed by atoms with Crippen LogP contribution in [0.4, 0.5) is 33.6 Å². The molecule has 2 aromatic heterocycles. The molecule has 4 saturated heterocycles. The second kappa shape index (κ2) is 10.3. The lowest BCUT2D eigenvalue weighted by atomic mass is 9.95. The van der Waals surface area contributed by atoms with E-state index in [1.165, 1.54) is 13.0 Å². The minimum absolute atomic E-state index is 0.113. The van der Waals surface area contributed by atoms with Gasteiger partial charge in [-0.3, -0.25) is 4.90 Å². The van der Waals surface area contributed by atoms with E-state index in [-0.39, 0.29) is 52.0 Å². The van der Waals surface area contributed by atoms with Crippen LogP contribution in [-0.4, -0.2) is 76.4 Å². The Balaban J connectivity index is 1.38. The Bertz CT molecular complexity index is 1590. The van der Waals surface area contributed by atoms with Crippen LogP contribution in [-0.2, 0) is 6.18 Å². The van der Waals surface area contributed by atoms with Crippen molar-refractivity contribution in [3.8, 4) is 17.3 Å². The van der Waals surface area contributed by atoms with Gasteiger partial charge in [0.25, 0.3) is 0 Å². The first-order valence-corrected chi connectivity index (χ1v) is 14.9. The van der Waals surface area contributed by atoms with Gasteiger partial charge in [-0.2, -0.15) is 23.1 Å². The molecule has 3 N–H and O–H groups in total. The van der Waals surface area contributed by atoms with Gasteiger partial charge in [0.05, 0.1) is 27.4 Å². The molecule has 4 aliphatic heterocycles. The molecule has 43 heavy (non-hydrogen) atoms. The highest BCUT2D eigenvalue weighted by molar-refractivity contribution is 6.34. The molecule has 0 radical (unpaired) electrons. The molecular weight excluding hydrogens is 593 g/mol. The molecule has 0 unspecified atom stereocenters. The number of piperazine rings is 1. The van der Waals surface area contributed by atoms with Crippen LogP contribution in [0.25, 0.3) is 22.2 Å². The summed E-state index contributed by atoms with van der Waals surface area (Å²) in [6, 6.07) is 2.78. The molecule has 14 heteroatoms. The molecule has 1 aromatic carbocycles. The number of aryl methyl sites for hydroxylation is 1. The van der Waals surface area contributed by atoms with E-state index in [4.69, 9.17) is 27.1 Å². The smallest absolute Gasteiger partial charge is 0.418 e. The lowest BCUT2D eigenvalue weighted by molar-refractivity contribution is -0.137. The lowest BCUT2D eigenvalue weighted by Gasteiger charge is -2.34. The molecule has 230 valence electrons. The number of nitrogen functional groups attached to an aromatic ring is 1. The number of nitrogens with two attached hydrogens (primary N) is 1. The van der Waals surface area contributed by atoms with Gasteiger partial charge in [0, 0.05) is 43.5 Å². The van der Waals surface area contributed by atoms with Crippen LogP contribution in [0.15, 0.2) is 12.1 Å². The zero-order valence-electron chi connectivity index (χ0n) is 23.4. The molecule has 4 atom stereocenters. The number of nitrogens with one attached hydrogen (secondary N) is 1. The maximum absolute atomic E-state index is 16.6. The first kappa shape index (κ1) is 28.7. The number of fused-ring (bicyclic) bond motifs is 4. The predicted molar refractivity (Wildman–Crippen MR) is 153 cm³/mol. The number of anilines is 2. The quantitative estimate of drug-likeness (QED) is 0.371. The second-order valence-electron chi connectivity index (χ2n) is 12.3. The van der Waals surface area contributed by atoms with Crippen LogP contribution in [0, 0.1) is 12.7 Å². The largest absolute Gasteiger partial charge is 0.461 e. The van der Waals surface area contributed by atoms with Gasteiger partial charge >= 0.3 is 12.2 Å². The normalized spacial score (nSPS) is 27.3. The number of hydrogen-bond acceptors (Lipinski definition) is 8. The monoisotopic (exact) mass is 623 g/mol. The van der Waals surface area contributed by atoms with E-state index in [9.17, 15) is 17.6 Å². The van der Waals surface area contributed by atoms with Crippen LogP contribution < -0.4 is 20.7 Å². The van der Waals surface area contributed by atoms with Crippen LogP contribution in [0.2, 0.25) is 5.02 Å². The third kappa shape index (κ3) is 4.93. The maximum atomic E-state index is 16.6. The van der Waals surface area contributed by atoms with Crippen molar-refractivity contribution in [3.05, 3.63) is 34.1 Å². The van der Waals surface area contributed by atoms with Gasteiger partial charge in [-0.25, -0.2) is 13.8 Å². The third-order valence-corrected chi connectivity index (χ3v) is 9.64. The Morgan fingerprint density at radius 3 is 2.60 bits per heavy atom. The van der Waals surface area contributed by atoms with Crippen molar-refractivity contribution in [2.75, 3.05) is 43.4 Å². The van der Waals surface area contributed by atoms with Gasteiger partial charge in [-0.1, -0.05) is 11.6 Å². The number of rotatable bonds is 5. The average molecular weight is 624 g/mol. The van der Waals surface area contributed by atoms with Gasteiger partial charge in [0.15, 0.2) is 5.82 Å². The number of pyridine rings is 1. The molecule has 6 heterocycles. The summed E-state index contributed by atoms with van der Waals surface area (Å²) in [5, 5.41) is 3.52. The number of nitrogens with zero attached hydrogens (tertiary/aromatic N) is 5. The van der Waals surface area contributed by atoms with Crippen molar-refractivity contribution in [1.82, 2.24) is 25.2 Å². The highest BCUT2D eigenvalue weighted by Crippen LogP contribution is 2.45. The molecule has 8 nitrogen and oxygen atoms in total. The van der Waals surface area contributed by atoms with E-state index in [2.05, 4.69) is 20.2 Å². The van der Waals surface area contributed by atoms with E-state index in [1.54, 1.807) is 0 Å². The molecule has 4 fully saturated rings. The number of ether oxygens (including phenoxy) is 1. The van der Waals surface area contributed by atoms with Gasteiger partial charge in [-0.05, 0) is 56.8 Å². The molecule has 0 aliphatic carbocycles. The number of alkyl halides is 4. The Labute approximate surface area is 249 Å². The summed E-state index contributed by atoms with van der Waals surface area (Å²) in [5.41, 5.74) is 2.47. The second-order valence-corrected chi connectivity index (χ2v) is 12.7. The SMILES string of the molecule is Cc1cc(N)nc(-c2c(Cl)cc3c(N4C[C@H]5CC[C@@H](C4)N5)nc(OC[C@]45CCCN4C[C@H](F)C5)nc3c2F)c1C(F)(F)F. The summed E-state index contributed by atoms with van der Waals surface area (Å²) < 4.78 is 79.7. The molecular formula is C29H31ClF5N7O. The Hall–Kier alpha value is -3.03. The van der Waals surface area contributed by atoms with Crippen LogP contribution >= 0.6 is 11.6 Å². The van der Waals surface area contributed by atoms with E-state index in [0.29, 0.717) is 31.9 Å². The summed E-state index contributed by atoms with van der Waals surface area (Å²) in [4.78, 5) is 17.1. The lowest BCUT2D eigenvalue weighted by Crippen LogP contribution is -2.51. The summed E-state index contributed by atoms with van der Waals surface area (Å²) >= 11 is 6.56. The van der Waals surface area contributed by atoms with Crippen LogP contribution in [0.5, 0.6) is 6.01 Å². The fraction of sp³-hybridized carbons (Fsp3) is 0.552. The predicted octanol–water partition coefficient (Wildman–Crippen LogP) is 5.29. The number of aromatic nitrogens is 3. The average Bonchev–Trinajstić information content (AvgIpc) is 3.56. The third-order valence-electron chi connectivity index (χ3n) is 9.35. The van der Waals surface area contributed by atoms with Crippen molar-refractivity contribution in [3.63, 3.8) is 0 Å². The van der Waals surface area contributed by atoms with Crippen LogP contribution in [0.1, 0.15) is 43.2 Å². The fourth-order valence-corrected chi connectivity index (χ4v) is 7.82. The first-order valence-electron chi connectivity index (χ1n) is 14.5. The molecule has 2 bridgehead atoms. The van der Waals surface area contributed by atoms with Gasteiger partial charge in [0.2, 0.25) is 0 Å². The van der Waals surface area contributed by atoms with E-state index >= 15 is 4.39 Å². The van der Waals surface area contributed by atoms with Crippen molar-refractivity contribution in [2.24, 2.45) is 0 Å². The summed E-state index contributed by atoms with van der Waals surface area (Å²) in [6.07, 6.45) is -1.86. The molecule has 4 aliphatic rings. The molecule has 3 aromatic rings. The first-order chi connectivity index (χ1) is 20.4. The number of benzene rings is 1. The van der Waals surface area contributed by atoms with E-state index in [0.717, 1.165) is 38.3 Å². The molecule has 7 rings (SSSR count). The standard InChI is InChI=1S/C29H31ClF5N7O/c1-14-7-20(36)38-25(22(14)29(33,34)35)21-19(30)8-18-24(23(21)32)39-27(40-26(18)41-11-16-3-4-17(12-41)37-16)43-13-28-5-2-6-42(28)10-15(31)9-28/h7-8,15-17,37H,2-6,9-13H2,1H3,(H2,36,38)/t15-,16-,17+,28-/m1/s1. The van der Waals surface area contributed by atoms with Crippen molar-refractivity contribution in [1.29, 1.82) is 0 Å². The van der Waals surface area contributed by atoms with E-state index < -0.39 is 40.5 Å². The fourth-order valence-electron chi connectivity index (χ4n) is 7.54. The Morgan fingerprint density at radius 1 is 1.14 bits per heavy atom. The highest BCUT2D eigenvalue weighted by Gasteiger charge is 2.49. The topological polar surface area (TPSA) is 92.4 Å². The molecule has 0 amide bonds. The van der Waals surface area contributed by atoms with Crippen molar-refractivity contribution < 1.29 is 26.7 Å². The van der Waals surface area contributed by atoms with Gasteiger partial charge < -0.3 is 20.7 Å². The summed E-state index contributed by atoms with van der Waals surface area (Å²) in [7, 11) is 0. The van der Waals surface area contributed by atoms with E-state index in [1.807, 2.05) is 4.90 Å². The summed E-state index contributed by atoms with van der Waals surface area (Å²) in [5.74, 6) is -0.903. The minimum atomic E-state index is -4.85. The van der Waals surface area contributed by atoms with Gasteiger partial charge in [0.1, 0.15) is 29.9 Å². The number of hydrogen-bond donors (Lipinski definition) is 2. The molecule has 0 saturated carbocycles.